The van der Waals surface area contributed by atoms with E-state index < -0.39 is 6.10 Å². The number of rotatable bonds is 3. The SMILES string of the molecule is CC(C)OC1CN(c2nc(C(C)(C)C)nc3c2cnn3C)CC1O. The van der Waals surface area contributed by atoms with Gasteiger partial charge in [-0.1, -0.05) is 20.8 Å². The monoisotopic (exact) mass is 333 g/mol. The van der Waals surface area contributed by atoms with Crippen molar-refractivity contribution in [1.29, 1.82) is 0 Å². The molecule has 2 aromatic rings. The third-order valence-electron chi connectivity index (χ3n) is 4.23. The average Bonchev–Trinajstić information content (AvgIpc) is 3.01. The molecular formula is C17H27N5O2. The van der Waals surface area contributed by atoms with Crippen LogP contribution in [0.5, 0.6) is 0 Å². The second-order valence-electron chi connectivity index (χ2n) is 7.82. The molecule has 3 rings (SSSR count). The number of anilines is 1. The molecule has 0 aromatic carbocycles. The molecule has 132 valence electrons. The van der Waals surface area contributed by atoms with E-state index in [1.54, 1.807) is 10.9 Å². The third-order valence-corrected chi connectivity index (χ3v) is 4.23. The second-order valence-corrected chi connectivity index (χ2v) is 7.82. The van der Waals surface area contributed by atoms with Crippen LogP contribution in [0.2, 0.25) is 0 Å². The lowest BCUT2D eigenvalue weighted by atomic mass is 9.95. The molecule has 0 bridgehead atoms. The maximum absolute atomic E-state index is 10.3. The molecule has 0 radical (unpaired) electrons. The Morgan fingerprint density at radius 3 is 2.58 bits per heavy atom. The molecule has 0 aliphatic carbocycles. The quantitative estimate of drug-likeness (QED) is 0.920. The fourth-order valence-electron chi connectivity index (χ4n) is 3.00. The van der Waals surface area contributed by atoms with Gasteiger partial charge in [-0.2, -0.15) is 5.10 Å². The van der Waals surface area contributed by atoms with Crippen molar-refractivity contribution in [3.05, 3.63) is 12.0 Å². The van der Waals surface area contributed by atoms with Crippen LogP contribution in [0.4, 0.5) is 5.82 Å². The van der Waals surface area contributed by atoms with Crippen molar-refractivity contribution >= 4 is 16.9 Å². The first kappa shape index (κ1) is 17.1. The summed E-state index contributed by atoms with van der Waals surface area (Å²) in [6.45, 7) is 11.4. The van der Waals surface area contributed by atoms with Gasteiger partial charge in [-0.25, -0.2) is 9.97 Å². The fourth-order valence-corrected chi connectivity index (χ4v) is 3.00. The van der Waals surface area contributed by atoms with Crippen LogP contribution in [-0.4, -0.2) is 56.3 Å². The van der Waals surface area contributed by atoms with Crippen molar-refractivity contribution < 1.29 is 9.84 Å². The molecule has 7 heteroatoms. The average molecular weight is 333 g/mol. The van der Waals surface area contributed by atoms with Gasteiger partial charge in [0, 0.05) is 25.6 Å². The Morgan fingerprint density at radius 2 is 1.96 bits per heavy atom. The normalized spacial score (nSPS) is 22.1. The number of aliphatic hydroxyl groups excluding tert-OH is 1. The number of nitrogens with zero attached hydrogens (tertiary/aromatic N) is 5. The second kappa shape index (κ2) is 5.97. The number of hydrogen-bond acceptors (Lipinski definition) is 6. The number of ether oxygens (including phenoxy) is 1. The van der Waals surface area contributed by atoms with Crippen molar-refractivity contribution in [2.75, 3.05) is 18.0 Å². The Hall–Kier alpha value is -1.73. The van der Waals surface area contributed by atoms with Crippen LogP contribution in [0.1, 0.15) is 40.4 Å². The van der Waals surface area contributed by atoms with Crippen LogP contribution in [0.3, 0.4) is 0 Å². The first-order valence-electron chi connectivity index (χ1n) is 8.45. The number of aromatic nitrogens is 4. The highest BCUT2D eigenvalue weighted by Gasteiger charge is 2.35. The zero-order valence-electron chi connectivity index (χ0n) is 15.3. The van der Waals surface area contributed by atoms with Crippen LogP contribution in [0, 0.1) is 0 Å². The van der Waals surface area contributed by atoms with Gasteiger partial charge in [0.15, 0.2) is 5.65 Å². The van der Waals surface area contributed by atoms with Crippen molar-refractivity contribution in [3.8, 4) is 0 Å². The molecule has 7 nitrogen and oxygen atoms in total. The molecule has 0 spiro atoms. The van der Waals surface area contributed by atoms with Gasteiger partial charge in [0.05, 0.1) is 23.8 Å². The van der Waals surface area contributed by atoms with Crippen molar-refractivity contribution in [2.45, 2.75) is 58.3 Å². The minimum atomic E-state index is -0.521. The van der Waals surface area contributed by atoms with Crippen LogP contribution in [0.15, 0.2) is 6.20 Å². The van der Waals surface area contributed by atoms with Gasteiger partial charge in [-0.15, -0.1) is 0 Å². The van der Waals surface area contributed by atoms with E-state index >= 15 is 0 Å². The van der Waals surface area contributed by atoms with Gasteiger partial charge in [0.25, 0.3) is 0 Å². The molecule has 0 saturated carbocycles. The van der Waals surface area contributed by atoms with E-state index in [1.165, 1.54) is 0 Å². The van der Waals surface area contributed by atoms with Crippen LogP contribution >= 0.6 is 0 Å². The molecule has 1 N–H and O–H groups in total. The van der Waals surface area contributed by atoms with Gasteiger partial charge >= 0.3 is 0 Å². The summed E-state index contributed by atoms with van der Waals surface area (Å²) in [6, 6.07) is 0. The molecule has 1 aliphatic rings. The summed E-state index contributed by atoms with van der Waals surface area (Å²) < 4.78 is 7.60. The highest BCUT2D eigenvalue weighted by molar-refractivity contribution is 5.87. The van der Waals surface area contributed by atoms with Crippen molar-refractivity contribution in [3.63, 3.8) is 0 Å². The number of aliphatic hydroxyl groups is 1. The Bertz CT molecular complexity index is 734. The molecule has 2 unspecified atom stereocenters. The lowest BCUT2D eigenvalue weighted by molar-refractivity contribution is -0.0386. The maximum atomic E-state index is 10.3. The van der Waals surface area contributed by atoms with E-state index in [0.29, 0.717) is 13.1 Å². The van der Waals surface area contributed by atoms with Crippen LogP contribution in [-0.2, 0) is 17.2 Å². The summed E-state index contributed by atoms with van der Waals surface area (Å²) in [6.07, 6.45) is 1.15. The Kier molecular flexibility index (Phi) is 4.25. The predicted octanol–water partition coefficient (Wildman–Crippen LogP) is 1.64. The molecule has 2 aromatic heterocycles. The number of aryl methyl sites for hydroxylation is 1. The van der Waals surface area contributed by atoms with Gasteiger partial charge in [0.1, 0.15) is 17.7 Å². The molecule has 1 aliphatic heterocycles. The molecule has 0 amide bonds. The van der Waals surface area contributed by atoms with E-state index in [0.717, 1.165) is 22.7 Å². The van der Waals surface area contributed by atoms with E-state index in [4.69, 9.17) is 14.7 Å². The van der Waals surface area contributed by atoms with E-state index in [9.17, 15) is 5.11 Å². The zero-order valence-corrected chi connectivity index (χ0v) is 15.3. The van der Waals surface area contributed by atoms with E-state index in [2.05, 4.69) is 30.8 Å². The van der Waals surface area contributed by atoms with Crippen molar-refractivity contribution in [2.24, 2.45) is 7.05 Å². The van der Waals surface area contributed by atoms with E-state index in [1.807, 2.05) is 20.9 Å². The summed E-state index contributed by atoms with van der Waals surface area (Å²) >= 11 is 0. The lowest BCUT2D eigenvalue weighted by Crippen LogP contribution is -2.29. The Balaban J connectivity index is 2.03. The molecule has 24 heavy (non-hydrogen) atoms. The summed E-state index contributed by atoms with van der Waals surface area (Å²) in [5.41, 5.74) is 0.645. The molecule has 1 fully saturated rings. The first-order valence-corrected chi connectivity index (χ1v) is 8.45. The Labute approximate surface area is 142 Å². The largest absolute Gasteiger partial charge is 0.388 e. The standard InChI is InChI=1S/C17H27N5O2/c1-10(2)24-13-9-22(8-12(13)23)15-11-7-18-21(6)14(11)19-16(20-15)17(3,4)5/h7,10,12-13,23H,8-9H2,1-6H3. The predicted molar refractivity (Wildman–Crippen MR) is 93.2 cm³/mol. The minimum absolute atomic E-state index is 0.0820. The fraction of sp³-hybridized carbons (Fsp3) is 0.706. The number of fused-ring (bicyclic) bond motifs is 1. The molecule has 2 atom stereocenters. The smallest absolute Gasteiger partial charge is 0.163 e. The summed E-state index contributed by atoms with van der Waals surface area (Å²) in [5, 5.41) is 15.6. The Morgan fingerprint density at radius 1 is 1.25 bits per heavy atom. The number of β-amino-alcohol motifs (C(OH)–C–C–N with tert-alkyl or cyclic N) is 1. The topological polar surface area (TPSA) is 76.3 Å². The number of hydrogen-bond donors (Lipinski definition) is 1. The van der Waals surface area contributed by atoms with E-state index in [-0.39, 0.29) is 17.6 Å². The zero-order chi connectivity index (χ0) is 17.6. The molecule has 1 saturated heterocycles. The highest BCUT2D eigenvalue weighted by Crippen LogP contribution is 2.30. The highest BCUT2D eigenvalue weighted by atomic mass is 16.5. The van der Waals surface area contributed by atoms with Gasteiger partial charge in [-0.05, 0) is 13.8 Å². The van der Waals surface area contributed by atoms with Gasteiger partial charge in [0.2, 0.25) is 0 Å². The maximum Gasteiger partial charge on any atom is 0.163 e. The summed E-state index contributed by atoms with van der Waals surface area (Å²) in [4.78, 5) is 11.6. The van der Waals surface area contributed by atoms with Crippen molar-refractivity contribution in [1.82, 2.24) is 19.7 Å². The van der Waals surface area contributed by atoms with Gasteiger partial charge < -0.3 is 14.7 Å². The van der Waals surface area contributed by atoms with Gasteiger partial charge in [-0.3, -0.25) is 4.68 Å². The molecule has 3 heterocycles. The third kappa shape index (κ3) is 3.10. The lowest BCUT2D eigenvalue weighted by Gasteiger charge is -2.22. The summed E-state index contributed by atoms with van der Waals surface area (Å²) in [7, 11) is 1.88. The minimum Gasteiger partial charge on any atom is -0.388 e. The molecular weight excluding hydrogens is 306 g/mol. The first-order chi connectivity index (χ1) is 11.2. The van der Waals surface area contributed by atoms with Crippen LogP contribution < -0.4 is 4.90 Å². The van der Waals surface area contributed by atoms with Crippen LogP contribution in [0.25, 0.3) is 11.0 Å². The summed E-state index contributed by atoms with van der Waals surface area (Å²) in [5.74, 6) is 1.60.